The van der Waals surface area contributed by atoms with Crippen LogP contribution in [0.15, 0.2) is 6.07 Å². The van der Waals surface area contributed by atoms with Gasteiger partial charge < -0.3 is 4.74 Å². The first-order valence-corrected chi connectivity index (χ1v) is 8.01. The predicted molar refractivity (Wildman–Crippen MR) is 78.9 cm³/mol. The zero-order valence-corrected chi connectivity index (χ0v) is 12.7. The quantitative estimate of drug-likeness (QED) is 0.561. The predicted octanol–water partition coefficient (Wildman–Crippen LogP) is 3.91. The Labute approximate surface area is 121 Å². The standard InChI is InChI=1S/C16H26N2O2/c1-3-5-6-11-14-12-15(16(19)20-4-2)17-18(14)13-9-7-8-10-13/h12-13H,3-11H2,1-2H3. The highest BCUT2D eigenvalue weighted by Gasteiger charge is 2.23. The highest BCUT2D eigenvalue weighted by molar-refractivity contribution is 5.87. The van der Waals surface area contributed by atoms with Crippen molar-refractivity contribution in [3.8, 4) is 0 Å². The molecule has 0 saturated heterocycles. The second-order valence-corrected chi connectivity index (χ2v) is 5.58. The van der Waals surface area contributed by atoms with Gasteiger partial charge in [-0.3, -0.25) is 4.68 Å². The molecule has 20 heavy (non-hydrogen) atoms. The van der Waals surface area contributed by atoms with Crippen LogP contribution in [0.3, 0.4) is 0 Å². The molecular formula is C16H26N2O2. The Balaban J connectivity index is 2.14. The first kappa shape index (κ1) is 15.1. The summed E-state index contributed by atoms with van der Waals surface area (Å²) in [5, 5.41) is 4.53. The van der Waals surface area contributed by atoms with Crippen LogP contribution in [-0.4, -0.2) is 22.4 Å². The van der Waals surface area contributed by atoms with Crippen LogP contribution in [0.25, 0.3) is 0 Å². The fourth-order valence-corrected chi connectivity index (χ4v) is 2.95. The number of aryl methyl sites for hydroxylation is 1. The third-order valence-corrected chi connectivity index (χ3v) is 4.00. The maximum absolute atomic E-state index is 11.9. The smallest absolute Gasteiger partial charge is 0.358 e. The third-order valence-electron chi connectivity index (χ3n) is 4.00. The summed E-state index contributed by atoms with van der Waals surface area (Å²) in [5.74, 6) is -0.291. The summed E-state index contributed by atoms with van der Waals surface area (Å²) in [5.41, 5.74) is 1.68. The minimum Gasteiger partial charge on any atom is -0.461 e. The molecule has 0 spiro atoms. The van der Waals surface area contributed by atoms with Gasteiger partial charge in [0.25, 0.3) is 0 Å². The molecule has 0 radical (unpaired) electrons. The Morgan fingerprint density at radius 3 is 2.75 bits per heavy atom. The maximum Gasteiger partial charge on any atom is 0.358 e. The number of esters is 1. The van der Waals surface area contributed by atoms with Crippen molar-refractivity contribution in [3.05, 3.63) is 17.5 Å². The fourth-order valence-electron chi connectivity index (χ4n) is 2.95. The van der Waals surface area contributed by atoms with Gasteiger partial charge in [-0.1, -0.05) is 32.6 Å². The summed E-state index contributed by atoms with van der Waals surface area (Å²) in [4.78, 5) is 11.9. The lowest BCUT2D eigenvalue weighted by Gasteiger charge is -2.14. The second-order valence-electron chi connectivity index (χ2n) is 5.58. The molecule has 0 atom stereocenters. The van der Waals surface area contributed by atoms with Gasteiger partial charge >= 0.3 is 5.97 Å². The molecule has 4 heteroatoms. The zero-order chi connectivity index (χ0) is 14.4. The van der Waals surface area contributed by atoms with E-state index in [-0.39, 0.29) is 5.97 Å². The summed E-state index contributed by atoms with van der Waals surface area (Å²) >= 11 is 0. The first-order valence-electron chi connectivity index (χ1n) is 8.01. The topological polar surface area (TPSA) is 44.1 Å². The number of carbonyl (C=O) groups excluding carboxylic acids is 1. The Kier molecular flexibility index (Phi) is 5.62. The Morgan fingerprint density at radius 1 is 1.35 bits per heavy atom. The Morgan fingerprint density at radius 2 is 2.10 bits per heavy atom. The van der Waals surface area contributed by atoms with Crippen LogP contribution in [0.1, 0.15) is 81.0 Å². The molecule has 1 heterocycles. The molecule has 1 aliphatic carbocycles. The van der Waals surface area contributed by atoms with Crippen molar-refractivity contribution in [2.24, 2.45) is 0 Å². The number of ether oxygens (including phenoxy) is 1. The first-order chi connectivity index (χ1) is 9.76. The van der Waals surface area contributed by atoms with E-state index in [2.05, 4.69) is 16.7 Å². The monoisotopic (exact) mass is 278 g/mol. The van der Waals surface area contributed by atoms with E-state index >= 15 is 0 Å². The summed E-state index contributed by atoms with van der Waals surface area (Å²) in [7, 11) is 0. The van der Waals surface area contributed by atoms with Gasteiger partial charge in [-0.2, -0.15) is 5.10 Å². The molecule has 1 aromatic rings. The van der Waals surface area contributed by atoms with Crippen LogP contribution in [0.4, 0.5) is 0 Å². The lowest BCUT2D eigenvalue weighted by atomic mass is 10.1. The molecule has 1 saturated carbocycles. The molecule has 0 amide bonds. The summed E-state index contributed by atoms with van der Waals surface area (Å²) in [6, 6.07) is 2.42. The molecule has 2 rings (SSSR count). The molecule has 0 N–H and O–H groups in total. The van der Waals surface area contributed by atoms with Gasteiger partial charge in [0.2, 0.25) is 0 Å². The molecule has 0 bridgehead atoms. The van der Waals surface area contributed by atoms with E-state index in [9.17, 15) is 4.79 Å². The number of carbonyl (C=O) groups is 1. The van der Waals surface area contributed by atoms with Gasteiger partial charge in [-0.15, -0.1) is 0 Å². The number of aromatic nitrogens is 2. The van der Waals surface area contributed by atoms with E-state index in [1.807, 2.05) is 13.0 Å². The number of nitrogens with zero attached hydrogens (tertiary/aromatic N) is 2. The van der Waals surface area contributed by atoms with E-state index in [0.29, 0.717) is 18.3 Å². The van der Waals surface area contributed by atoms with Gasteiger partial charge in [0, 0.05) is 5.69 Å². The number of unbranched alkanes of at least 4 members (excludes halogenated alkanes) is 2. The molecule has 0 unspecified atom stereocenters. The van der Waals surface area contributed by atoms with Crippen LogP contribution >= 0.6 is 0 Å². The Hall–Kier alpha value is -1.32. The van der Waals surface area contributed by atoms with Gasteiger partial charge in [0.15, 0.2) is 5.69 Å². The van der Waals surface area contributed by atoms with E-state index in [0.717, 1.165) is 12.8 Å². The molecule has 112 valence electrons. The van der Waals surface area contributed by atoms with Crippen molar-refractivity contribution in [3.63, 3.8) is 0 Å². The van der Waals surface area contributed by atoms with Crippen molar-refractivity contribution in [1.82, 2.24) is 9.78 Å². The van der Waals surface area contributed by atoms with Crippen LogP contribution in [0.5, 0.6) is 0 Å². The van der Waals surface area contributed by atoms with Crippen LogP contribution in [0.2, 0.25) is 0 Å². The molecule has 1 aliphatic rings. The van der Waals surface area contributed by atoms with E-state index in [4.69, 9.17) is 4.74 Å². The number of hydrogen-bond donors (Lipinski definition) is 0. The van der Waals surface area contributed by atoms with Crippen molar-refractivity contribution < 1.29 is 9.53 Å². The molecule has 1 fully saturated rings. The SMILES string of the molecule is CCCCCc1cc(C(=O)OCC)nn1C1CCCC1. The minimum absolute atomic E-state index is 0.291. The molecule has 4 nitrogen and oxygen atoms in total. The third kappa shape index (κ3) is 3.62. The van der Waals surface area contributed by atoms with Gasteiger partial charge in [-0.05, 0) is 38.7 Å². The fraction of sp³-hybridized carbons (Fsp3) is 0.750. The largest absolute Gasteiger partial charge is 0.461 e. The van der Waals surface area contributed by atoms with Gasteiger partial charge in [0.05, 0.1) is 12.6 Å². The second kappa shape index (κ2) is 7.46. The van der Waals surface area contributed by atoms with Crippen LogP contribution in [-0.2, 0) is 11.2 Å². The van der Waals surface area contributed by atoms with Crippen molar-refractivity contribution in [1.29, 1.82) is 0 Å². The average Bonchev–Trinajstić information content (AvgIpc) is 3.08. The highest BCUT2D eigenvalue weighted by Crippen LogP contribution is 2.30. The van der Waals surface area contributed by atoms with Crippen molar-refractivity contribution in [2.75, 3.05) is 6.61 Å². The lowest BCUT2D eigenvalue weighted by Crippen LogP contribution is -2.12. The number of hydrogen-bond acceptors (Lipinski definition) is 3. The maximum atomic E-state index is 11.9. The van der Waals surface area contributed by atoms with Crippen LogP contribution < -0.4 is 0 Å². The summed E-state index contributed by atoms with van der Waals surface area (Å²) < 4.78 is 7.18. The zero-order valence-electron chi connectivity index (χ0n) is 12.7. The van der Waals surface area contributed by atoms with Crippen molar-refractivity contribution >= 4 is 5.97 Å². The molecule has 1 aromatic heterocycles. The van der Waals surface area contributed by atoms with E-state index < -0.39 is 0 Å². The summed E-state index contributed by atoms with van der Waals surface area (Å²) in [6.07, 6.45) is 9.53. The van der Waals surface area contributed by atoms with Crippen molar-refractivity contribution in [2.45, 2.75) is 71.3 Å². The molecular weight excluding hydrogens is 252 g/mol. The van der Waals surface area contributed by atoms with Crippen LogP contribution in [0, 0.1) is 0 Å². The normalized spacial score (nSPS) is 15.7. The molecule has 0 aliphatic heterocycles. The summed E-state index contributed by atoms with van der Waals surface area (Å²) in [6.45, 7) is 4.44. The average molecular weight is 278 g/mol. The number of rotatable bonds is 7. The molecule has 0 aromatic carbocycles. The van der Waals surface area contributed by atoms with E-state index in [1.165, 1.54) is 44.2 Å². The van der Waals surface area contributed by atoms with Gasteiger partial charge in [0.1, 0.15) is 0 Å². The van der Waals surface area contributed by atoms with Gasteiger partial charge in [-0.25, -0.2) is 4.79 Å². The van der Waals surface area contributed by atoms with E-state index in [1.54, 1.807) is 0 Å². The highest BCUT2D eigenvalue weighted by atomic mass is 16.5. The Bertz CT molecular complexity index is 434. The lowest BCUT2D eigenvalue weighted by molar-refractivity contribution is 0.0518. The minimum atomic E-state index is -0.291.